The third-order valence-corrected chi connectivity index (χ3v) is 5.58. The summed E-state index contributed by atoms with van der Waals surface area (Å²) in [6.45, 7) is 10.9. The lowest BCUT2D eigenvalue weighted by Crippen LogP contribution is -2.52. The number of hydrogen-bond acceptors (Lipinski definition) is 3. The molecule has 1 aliphatic heterocycles. The van der Waals surface area contributed by atoms with Crippen LogP contribution >= 0.6 is 15.9 Å². The number of morpholine rings is 1. The van der Waals surface area contributed by atoms with E-state index >= 15 is 0 Å². The van der Waals surface area contributed by atoms with Gasteiger partial charge >= 0.3 is 0 Å². The molecule has 0 bridgehead atoms. The lowest BCUT2D eigenvalue weighted by atomic mass is 10.1. The minimum absolute atomic E-state index is 0.0650. The van der Waals surface area contributed by atoms with Crippen LogP contribution in [0.25, 0.3) is 10.9 Å². The Labute approximate surface area is 163 Å². The van der Waals surface area contributed by atoms with Gasteiger partial charge < -0.3 is 15.0 Å². The molecule has 1 fully saturated rings. The summed E-state index contributed by atoms with van der Waals surface area (Å²) >= 11 is 3.52. The fraction of sp³-hybridized carbons (Fsp3) is 0.550. The molecule has 142 valence electrons. The number of rotatable bonds is 5. The van der Waals surface area contributed by atoms with Gasteiger partial charge in [-0.3, -0.25) is 9.69 Å². The van der Waals surface area contributed by atoms with Gasteiger partial charge in [0.1, 0.15) is 0 Å². The number of aromatic nitrogens is 1. The van der Waals surface area contributed by atoms with Crippen LogP contribution in [0.1, 0.15) is 32.0 Å². The number of carbonyl (C=O) groups excluding carboxylic acids is 1. The number of ether oxygens (including phenoxy) is 1. The molecule has 3 unspecified atom stereocenters. The SMILES string of the molecule is Cc1[nH]c2ccc(Br)cc2c1CC(=O)NCC(C)N1CC(C)OC(C)C1. The number of aromatic amines is 1. The molecule has 1 amide bonds. The van der Waals surface area contributed by atoms with E-state index in [9.17, 15) is 4.79 Å². The van der Waals surface area contributed by atoms with Gasteiger partial charge in [0.25, 0.3) is 0 Å². The highest BCUT2D eigenvalue weighted by Gasteiger charge is 2.25. The van der Waals surface area contributed by atoms with E-state index < -0.39 is 0 Å². The molecule has 0 saturated carbocycles. The van der Waals surface area contributed by atoms with Crippen LogP contribution in [0.15, 0.2) is 22.7 Å². The van der Waals surface area contributed by atoms with Crippen molar-refractivity contribution in [3.8, 4) is 0 Å². The molecule has 5 nitrogen and oxygen atoms in total. The molecule has 0 spiro atoms. The average Bonchev–Trinajstić information content (AvgIpc) is 2.87. The van der Waals surface area contributed by atoms with Crippen LogP contribution in [0.4, 0.5) is 0 Å². The first kappa shape index (κ1) is 19.4. The number of fused-ring (bicyclic) bond motifs is 1. The summed E-state index contributed by atoms with van der Waals surface area (Å²) in [7, 11) is 0. The predicted octanol–water partition coefficient (Wildman–Crippen LogP) is 3.40. The molecule has 0 radical (unpaired) electrons. The van der Waals surface area contributed by atoms with Crippen molar-refractivity contribution >= 4 is 32.7 Å². The molecular weight excluding hydrogens is 394 g/mol. The summed E-state index contributed by atoms with van der Waals surface area (Å²) in [6.07, 6.45) is 0.874. The third kappa shape index (κ3) is 4.48. The lowest BCUT2D eigenvalue weighted by molar-refractivity contribution is -0.121. The molecule has 6 heteroatoms. The topological polar surface area (TPSA) is 57.4 Å². The zero-order valence-electron chi connectivity index (χ0n) is 15.9. The van der Waals surface area contributed by atoms with E-state index in [1.54, 1.807) is 0 Å². The fourth-order valence-corrected chi connectivity index (χ4v) is 4.13. The summed E-state index contributed by atoms with van der Waals surface area (Å²) in [5.41, 5.74) is 3.19. The summed E-state index contributed by atoms with van der Waals surface area (Å²) in [5.74, 6) is 0.0650. The van der Waals surface area contributed by atoms with Crippen molar-refractivity contribution in [2.45, 2.75) is 52.4 Å². The smallest absolute Gasteiger partial charge is 0.224 e. The third-order valence-electron chi connectivity index (χ3n) is 5.08. The van der Waals surface area contributed by atoms with Crippen LogP contribution in [0.5, 0.6) is 0 Å². The highest BCUT2D eigenvalue weighted by Crippen LogP contribution is 2.26. The maximum Gasteiger partial charge on any atom is 0.224 e. The second kappa shape index (κ2) is 8.11. The molecule has 3 rings (SSSR count). The van der Waals surface area contributed by atoms with Crippen LogP contribution in [0, 0.1) is 6.92 Å². The minimum Gasteiger partial charge on any atom is -0.373 e. The normalized spacial score (nSPS) is 22.5. The highest BCUT2D eigenvalue weighted by atomic mass is 79.9. The molecule has 3 atom stereocenters. The maximum atomic E-state index is 12.5. The van der Waals surface area contributed by atoms with E-state index in [-0.39, 0.29) is 18.1 Å². The van der Waals surface area contributed by atoms with Crippen LogP contribution in [-0.2, 0) is 16.0 Å². The molecule has 0 aliphatic carbocycles. The number of nitrogens with zero attached hydrogens (tertiary/aromatic N) is 1. The Morgan fingerprint density at radius 1 is 1.38 bits per heavy atom. The van der Waals surface area contributed by atoms with Gasteiger partial charge in [0.15, 0.2) is 0 Å². The first-order chi connectivity index (χ1) is 12.3. The second-order valence-corrected chi connectivity index (χ2v) is 8.38. The van der Waals surface area contributed by atoms with Gasteiger partial charge in [-0.1, -0.05) is 15.9 Å². The van der Waals surface area contributed by atoms with Gasteiger partial charge in [-0.05, 0) is 51.5 Å². The average molecular weight is 422 g/mol. The Morgan fingerprint density at radius 3 is 2.77 bits per heavy atom. The van der Waals surface area contributed by atoms with Crippen LogP contribution in [0.2, 0.25) is 0 Å². The molecule has 1 aliphatic rings. The quantitative estimate of drug-likeness (QED) is 0.777. The second-order valence-electron chi connectivity index (χ2n) is 7.46. The zero-order valence-corrected chi connectivity index (χ0v) is 17.5. The van der Waals surface area contributed by atoms with Gasteiger partial charge in [-0.2, -0.15) is 0 Å². The van der Waals surface area contributed by atoms with E-state index in [1.165, 1.54) is 0 Å². The Kier molecular flexibility index (Phi) is 6.05. The summed E-state index contributed by atoms with van der Waals surface area (Å²) in [5, 5.41) is 4.21. The first-order valence-electron chi connectivity index (χ1n) is 9.26. The van der Waals surface area contributed by atoms with Crippen molar-refractivity contribution in [1.82, 2.24) is 15.2 Å². The van der Waals surface area contributed by atoms with E-state index in [0.717, 1.165) is 39.7 Å². The van der Waals surface area contributed by atoms with Gasteiger partial charge in [-0.15, -0.1) is 0 Å². The lowest BCUT2D eigenvalue weighted by Gasteiger charge is -2.39. The highest BCUT2D eigenvalue weighted by molar-refractivity contribution is 9.10. The van der Waals surface area contributed by atoms with Crippen LogP contribution in [0.3, 0.4) is 0 Å². The van der Waals surface area contributed by atoms with E-state index in [0.29, 0.717) is 19.0 Å². The van der Waals surface area contributed by atoms with E-state index in [4.69, 9.17) is 4.74 Å². The number of carbonyl (C=O) groups is 1. The Morgan fingerprint density at radius 2 is 2.08 bits per heavy atom. The first-order valence-corrected chi connectivity index (χ1v) is 10.1. The van der Waals surface area contributed by atoms with Crippen molar-refractivity contribution in [3.63, 3.8) is 0 Å². The standard InChI is InChI=1S/C20H28BrN3O2/c1-12(24-10-13(2)26-14(3)11-24)9-22-20(25)8-17-15(4)23-19-6-5-16(21)7-18(17)19/h5-7,12-14,23H,8-11H2,1-4H3,(H,22,25). The molecule has 2 heterocycles. The predicted molar refractivity (Wildman–Crippen MR) is 108 cm³/mol. The molecule has 2 N–H and O–H groups in total. The molecular formula is C20H28BrN3O2. The molecule has 1 aromatic heterocycles. The Bertz CT molecular complexity index is 779. The minimum atomic E-state index is 0.0650. The number of benzene rings is 1. The number of H-pyrrole nitrogens is 1. The monoisotopic (exact) mass is 421 g/mol. The number of hydrogen-bond donors (Lipinski definition) is 2. The van der Waals surface area contributed by atoms with Crippen molar-refractivity contribution in [1.29, 1.82) is 0 Å². The summed E-state index contributed by atoms with van der Waals surface area (Å²) in [4.78, 5) is 18.3. The van der Waals surface area contributed by atoms with Crippen molar-refractivity contribution < 1.29 is 9.53 Å². The number of halogens is 1. The Balaban J connectivity index is 1.59. The van der Waals surface area contributed by atoms with Crippen LogP contribution < -0.4 is 5.32 Å². The largest absolute Gasteiger partial charge is 0.373 e. The van der Waals surface area contributed by atoms with Gasteiger partial charge in [0, 0.05) is 46.7 Å². The van der Waals surface area contributed by atoms with Crippen LogP contribution in [-0.4, -0.2) is 53.7 Å². The number of amides is 1. The van der Waals surface area contributed by atoms with E-state index in [2.05, 4.69) is 58.0 Å². The van der Waals surface area contributed by atoms with Gasteiger partial charge in [0.2, 0.25) is 5.91 Å². The van der Waals surface area contributed by atoms with Gasteiger partial charge in [0.05, 0.1) is 18.6 Å². The Hall–Kier alpha value is -1.37. The zero-order chi connectivity index (χ0) is 18.8. The van der Waals surface area contributed by atoms with Gasteiger partial charge in [-0.25, -0.2) is 0 Å². The van der Waals surface area contributed by atoms with E-state index in [1.807, 2.05) is 19.1 Å². The molecule has 26 heavy (non-hydrogen) atoms. The summed E-state index contributed by atoms with van der Waals surface area (Å²) in [6, 6.07) is 6.41. The number of nitrogens with one attached hydrogen (secondary N) is 2. The van der Waals surface area contributed by atoms with Crippen molar-refractivity contribution in [2.24, 2.45) is 0 Å². The fourth-order valence-electron chi connectivity index (χ4n) is 3.77. The van der Waals surface area contributed by atoms with Crippen molar-refractivity contribution in [3.05, 3.63) is 33.9 Å². The molecule has 1 saturated heterocycles. The maximum absolute atomic E-state index is 12.5. The molecule has 1 aromatic carbocycles. The summed E-state index contributed by atoms with van der Waals surface area (Å²) < 4.78 is 6.81. The number of aryl methyl sites for hydroxylation is 1. The molecule has 2 aromatic rings. The van der Waals surface area contributed by atoms with Crippen molar-refractivity contribution in [2.75, 3.05) is 19.6 Å².